The molecule has 0 spiro atoms. The van der Waals surface area contributed by atoms with Gasteiger partial charge in [0, 0.05) is 17.6 Å². The number of sulfonamides is 1. The van der Waals surface area contributed by atoms with Gasteiger partial charge in [0.1, 0.15) is 12.6 Å². The smallest absolute Gasteiger partial charge is 0.264 e. The Bertz CT molecular complexity index is 1500. The van der Waals surface area contributed by atoms with Crippen LogP contribution in [0.1, 0.15) is 61.3 Å². The molecule has 0 bridgehead atoms. The maximum atomic E-state index is 14.2. The number of hydrogen-bond donors (Lipinski definition) is 1. The molecule has 4 rings (SSSR count). The Kier molecular flexibility index (Phi) is 10.3. The molecule has 9 heteroatoms. The number of rotatable bonds is 10. The molecule has 1 N–H and O–H groups in total. The maximum Gasteiger partial charge on any atom is 0.264 e. The number of hydrogen-bond acceptors (Lipinski definition) is 4. The number of anilines is 1. The third-order valence-electron chi connectivity index (χ3n) is 7.92. The van der Waals surface area contributed by atoms with Crippen LogP contribution in [0, 0.1) is 20.8 Å². The first-order chi connectivity index (χ1) is 20.0. The molecule has 7 nitrogen and oxygen atoms in total. The molecule has 2 amide bonds. The van der Waals surface area contributed by atoms with Crippen LogP contribution in [0.5, 0.6) is 0 Å². The number of nitrogens with one attached hydrogen (secondary N) is 1. The van der Waals surface area contributed by atoms with Crippen molar-refractivity contribution in [3.63, 3.8) is 0 Å². The highest BCUT2D eigenvalue weighted by atomic mass is 35.5. The molecule has 0 radical (unpaired) electrons. The number of halogens is 1. The largest absolute Gasteiger partial charge is 0.352 e. The highest BCUT2D eigenvalue weighted by Gasteiger charge is 2.34. The van der Waals surface area contributed by atoms with E-state index in [1.165, 1.54) is 17.0 Å². The lowest BCUT2D eigenvalue weighted by molar-refractivity contribution is -0.139. The lowest BCUT2D eigenvalue weighted by Crippen LogP contribution is -2.53. The number of carbonyl (C=O) groups is 2. The lowest BCUT2D eigenvalue weighted by atomic mass is 9.95. The fraction of sp³-hybridized carbons (Fsp3) is 0.394. The van der Waals surface area contributed by atoms with E-state index in [0.29, 0.717) is 16.3 Å². The molecular weight excluding hydrogens is 570 g/mol. The Morgan fingerprint density at radius 3 is 2.12 bits per heavy atom. The van der Waals surface area contributed by atoms with Gasteiger partial charge in [0.05, 0.1) is 10.6 Å². The molecule has 3 aromatic rings. The number of aryl methyl sites for hydroxylation is 3. The molecule has 0 aliphatic heterocycles. The van der Waals surface area contributed by atoms with Gasteiger partial charge in [-0.2, -0.15) is 0 Å². The van der Waals surface area contributed by atoms with Crippen LogP contribution in [0.25, 0.3) is 0 Å². The van der Waals surface area contributed by atoms with Gasteiger partial charge in [0.2, 0.25) is 11.8 Å². The van der Waals surface area contributed by atoms with Gasteiger partial charge < -0.3 is 10.2 Å². The first-order valence-corrected chi connectivity index (χ1v) is 16.3. The third kappa shape index (κ3) is 7.72. The number of amides is 2. The summed E-state index contributed by atoms with van der Waals surface area (Å²) in [6.07, 6.45) is 5.13. The maximum absolute atomic E-state index is 14.2. The Morgan fingerprint density at radius 2 is 1.50 bits per heavy atom. The molecule has 3 aromatic carbocycles. The van der Waals surface area contributed by atoms with Crippen LogP contribution in [-0.2, 0) is 26.2 Å². The molecule has 1 fully saturated rings. The second-order valence-electron chi connectivity index (χ2n) is 11.3. The molecule has 1 aliphatic carbocycles. The van der Waals surface area contributed by atoms with Crippen molar-refractivity contribution in [2.24, 2.45) is 0 Å². The van der Waals surface area contributed by atoms with E-state index in [1.54, 1.807) is 44.2 Å². The second kappa shape index (κ2) is 13.7. The Morgan fingerprint density at radius 1 is 0.905 bits per heavy atom. The van der Waals surface area contributed by atoms with E-state index in [9.17, 15) is 18.0 Å². The van der Waals surface area contributed by atoms with Crippen molar-refractivity contribution >= 4 is 39.1 Å². The average Bonchev–Trinajstić information content (AvgIpc) is 2.97. The van der Waals surface area contributed by atoms with Crippen molar-refractivity contribution in [3.05, 3.63) is 94.0 Å². The van der Waals surface area contributed by atoms with Gasteiger partial charge in [-0.25, -0.2) is 8.42 Å². The summed E-state index contributed by atoms with van der Waals surface area (Å²) in [5.74, 6) is -0.730. The average molecular weight is 610 g/mol. The van der Waals surface area contributed by atoms with Crippen molar-refractivity contribution in [2.45, 2.75) is 83.3 Å². The van der Waals surface area contributed by atoms with Gasteiger partial charge in [-0.05, 0) is 75.9 Å². The Hall–Kier alpha value is -3.36. The van der Waals surface area contributed by atoms with Crippen molar-refractivity contribution in [2.75, 3.05) is 10.8 Å². The molecule has 1 atom stereocenters. The fourth-order valence-corrected chi connectivity index (χ4v) is 6.88. The van der Waals surface area contributed by atoms with Crippen LogP contribution >= 0.6 is 11.6 Å². The van der Waals surface area contributed by atoms with Gasteiger partial charge in [0.15, 0.2) is 0 Å². The van der Waals surface area contributed by atoms with E-state index in [0.717, 1.165) is 53.1 Å². The number of nitrogens with zero attached hydrogens (tertiary/aromatic N) is 2. The number of benzene rings is 3. The summed E-state index contributed by atoms with van der Waals surface area (Å²) in [7, 11) is -4.16. The monoisotopic (exact) mass is 609 g/mol. The molecule has 0 saturated heterocycles. The molecule has 0 unspecified atom stereocenters. The van der Waals surface area contributed by atoms with Gasteiger partial charge in [-0.15, -0.1) is 0 Å². The first kappa shape index (κ1) is 31.6. The topological polar surface area (TPSA) is 86.8 Å². The Labute approximate surface area is 254 Å². The van der Waals surface area contributed by atoms with Crippen molar-refractivity contribution in [3.8, 4) is 0 Å². The summed E-state index contributed by atoms with van der Waals surface area (Å²) in [4.78, 5) is 29.2. The molecule has 1 saturated carbocycles. The number of carbonyl (C=O) groups excluding carboxylic acids is 2. The van der Waals surface area contributed by atoms with Gasteiger partial charge in [0.25, 0.3) is 10.0 Å². The van der Waals surface area contributed by atoms with E-state index in [4.69, 9.17) is 11.6 Å². The molecule has 1 aliphatic rings. The summed E-state index contributed by atoms with van der Waals surface area (Å²) < 4.78 is 29.2. The van der Waals surface area contributed by atoms with Crippen LogP contribution in [0.4, 0.5) is 5.69 Å². The summed E-state index contributed by atoms with van der Waals surface area (Å²) >= 11 is 6.31. The summed E-state index contributed by atoms with van der Waals surface area (Å²) in [6, 6.07) is 18.5. The highest BCUT2D eigenvalue weighted by molar-refractivity contribution is 7.92. The fourth-order valence-electron chi connectivity index (χ4n) is 5.24. The predicted molar refractivity (Wildman–Crippen MR) is 168 cm³/mol. The van der Waals surface area contributed by atoms with Gasteiger partial charge >= 0.3 is 0 Å². The molecule has 224 valence electrons. The van der Waals surface area contributed by atoms with Crippen LogP contribution < -0.4 is 9.62 Å². The van der Waals surface area contributed by atoms with Crippen molar-refractivity contribution < 1.29 is 18.0 Å². The van der Waals surface area contributed by atoms with E-state index < -0.39 is 28.5 Å². The molecule has 0 heterocycles. The van der Waals surface area contributed by atoms with Gasteiger partial charge in [-0.3, -0.25) is 13.9 Å². The standard InChI is InChI=1S/C33H40ClN3O4S/c1-23-10-15-27(16-11-23)21-36(26(4)33(39)35-29-8-6-5-7-9-29)32(38)22-37(31-20-28(34)17-14-25(31)3)42(40,41)30-18-12-24(2)13-19-30/h10-20,26,29H,5-9,21-22H2,1-4H3,(H,35,39)/t26-/m1/s1. The minimum atomic E-state index is -4.16. The van der Waals surface area contributed by atoms with Crippen LogP contribution in [-0.4, -0.2) is 43.8 Å². The zero-order valence-corrected chi connectivity index (χ0v) is 26.3. The van der Waals surface area contributed by atoms with E-state index in [1.807, 2.05) is 38.1 Å². The first-order valence-electron chi connectivity index (χ1n) is 14.5. The third-order valence-corrected chi connectivity index (χ3v) is 9.93. The molecule has 0 aromatic heterocycles. The molecule has 42 heavy (non-hydrogen) atoms. The van der Waals surface area contributed by atoms with Crippen LogP contribution in [0.15, 0.2) is 71.6 Å². The van der Waals surface area contributed by atoms with Crippen molar-refractivity contribution in [1.82, 2.24) is 10.2 Å². The second-order valence-corrected chi connectivity index (χ2v) is 13.6. The minimum Gasteiger partial charge on any atom is -0.352 e. The summed E-state index contributed by atoms with van der Waals surface area (Å²) in [6.45, 7) is 7.00. The SMILES string of the molecule is Cc1ccc(CN(C(=O)CN(c2cc(Cl)ccc2C)S(=O)(=O)c2ccc(C)cc2)[C@H](C)C(=O)NC2CCCCC2)cc1. The zero-order chi connectivity index (χ0) is 30.4. The highest BCUT2D eigenvalue weighted by Crippen LogP contribution is 2.30. The van der Waals surface area contributed by atoms with Gasteiger partial charge in [-0.1, -0.05) is 84.5 Å². The Balaban J connectivity index is 1.70. The quantitative estimate of drug-likeness (QED) is 0.291. The van der Waals surface area contributed by atoms with E-state index in [-0.39, 0.29) is 23.4 Å². The predicted octanol–water partition coefficient (Wildman–Crippen LogP) is 6.33. The molecular formula is C33H40ClN3O4S. The zero-order valence-electron chi connectivity index (χ0n) is 24.8. The van der Waals surface area contributed by atoms with E-state index in [2.05, 4.69) is 5.32 Å². The lowest BCUT2D eigenvalue weighted by Gasteiger charge is -2.33. The normalized spacial score (nSPS) is 14.7. The summed E-state index contributed by atoms with van der Waals surface area (Å²) in [5, 5.41) is 3.48. The van der Waals surface area contributed by atoms with Crippen LogP contribution in [0.2, 0.25) is 5.02 Å². The van der Waals surface area contributed by atoms with Crippen LogP contribution in [0.3, 0.4) is 0 Å². The van der Waals surface area contributed by atoms with E-state index >= 15 is 0 Å². The van der Waals surface area contributed by atoms with Crippen molar-refractivity contribution in [1.29, 1.82) is 0 Å². The summed E-state index contributed by atoms with van der Waals surface area (Å²) in [5.41, 5.74) is 3.80. The minimum absolute atomic E-state index is 0.0634.